The van der Waals surface area contributed by atoms with Crippen molar-refractivity contribution in [3.63, 3.8) is 0 Å². The SMILES string of the molecule is CCCC(CCN)CCc1nc2c(C)cc(C)cc2[nH]1. The Morgan fingerprint density at radius 1 is 1.20 bits per heavy atom. The third-order valence-electron chi connectivity index (χ3n) is 4.03. The van der Waals surface area contributed by atoms with E-state index in [-0.39, 0.29) is 0 Å². The van der Waals surface area contributed by atoms with Gasteiger partial charge in [-0.15, -0.1) is 0 Å². The maximum absolute atomic E-state index is 5.70. The maximum Gasteiger partial charge on any atom is 0.107 e. The van der Waals surface area contributed by atoms with Gasteiger partial charge in [0.1, 0.15) is 5.82 Å². The van der Waals surface area contributed by atoms with Gasteiger partial charge in [0.05, 0.1) is 11.0 Å². The van der Waals surface area contributed by atoms with Crippen LogP contribution in [0.5, 0.6) is 0 Å². The normalized spacial score (nSPS) is 13.0. The van der Waals surface area contributed by atoms with Gasteiger partial charge < -0.3 is 10.7 Å². The molecular formula is C17H27N3. The zero-order valence-electron chi connectivity index (χ0n) is 13.0. The lowest BCUT2D eigenvalue weighted by Gasteiger charge is -2.13. The molecule has 0 spiro atoms. The van der Waals surface area contributed by atoms with Crippen molar-refractivity contribution in [3.8, 4) is 0 Å². The second-order valence-electron chi connectivity index (χ2n) is 5.93. The Balaban J connectivity index is 2.08. The number of hydrogen-bond donors (Lipinski definition) is 2. The maximum atomic E-state index is 5.70. The lowest BCUT2D eigenvalue weighted by molar-refractivity contribution is 0.418. The van der Waals surface area contributed by atoms with Crippen LogP contribution in [0.15, 0.2) is 12.1 Å². The van der Waals surface area contributed by atoms with Crippen molar-refractivity contribution in [1.29, 1.82) is 0 Å². The van der Waals surface area contributed by atoms with Gasteiger partial charge in [0, 0.05) is 6.42 Å². The van der Waals surface area contributed by atoms with Crippen LogP contribution in [0.3, 0.4) is 0 Å². The highest BCUT2D eigenvalue weighted by atomic mass is 14.9. The van der Waals surface area contributed by atoms with E-state index in [9.17, 15) is 0 Å². The Bertz CT molecular complexity index is 551. The van der Waals surface area contributed by atoms with Crippen molar-refractivity contribution in [1.82, 2.24) is 9.97 Å². The molecule has 0 saturated carbocycles. The number of aryl methyl sites for hydroxylation is 3. The van der Waals surface area contributed by atoms with Crippen molar-refractivity contribution in [2.24, 2.45) is 11.7 Å². The number of rotatable bonds is 7. The lowest BCUT2D eigenvalue weighted by Crippen LogP contribution is -2.10. The summed E-state index contributed by atoms with van der Waals surface area (Å²) in [6.45, 7) is 7.31. The molecule has 1 atom stereocenters. The van der Waals surface area contributed by atoms with Gasteiger partial charge in [0.2, 0.25) is 0 Å². The van der Waals surface area contributed by atoms with E-state index in [1.165, 1.54) is 35.9 Å². The number of H-pyrrole nitrogens is 1. The van der Waals surface area contributed by atoms with Crippen LogP contribution < -0.4 is 5.73 Å². The highest BCUT2D eigenvalue weighted by molar-refractivity contribution is 5.79. The quantitative estimate of drug-likeness (QED) is 0.804. The first kappa shape index (κ1) is 15.0. The second-order valence-corrected chi connectivity index (χ2v) is 5.93. The number of hydrogen-bond acceptors (Lipinski definition) is 2. The molecule has 3 N–H and O–H groups in total. The molecular weight excluding hydrogens is 246 g/mol. The summed E-state index contributed by atoms with van der Waals surface area (Å²) >= 11 is 0. The summed E-state index contributed by atoms with van der Waals surface area (Å²) in [4.78, 5) is 8.23. The molecule has 3 heteroatoms. The fourth-order valence-corrected chi connectivity index (χ4v) is 3.06. The molecule has 1 aromatic heterocycles. The first-order valence-corrected chi connectivity index (χ1v) is 7.80. The Hall–Kier alpha value is -1.35. The molecule has 0 aliphatic rings. The van der Waals surface area contributed by atoms with E-state index in [1.54, 1.807) is 0 Å². The molecule has 0 fully saturated rings. The van der Waals surface area contributed by atoms with Crippen molar-refractivity contribution in [2.45, 2.75) is 52.9 Å². The molecule has 20 heavy (non-hydrogen) atoms. The summed E-state index contributed by atoms with van der Waals surface area (Å²) in [7, 11) is 0. The lowest BCUT2D eigenvalue weighted by atomic mass is 9.94. The van der Waals surface area contributed by atoms with Crippen LogP contribution in [-0.2, 0) is 6.42 Å². The van der Waals surface area contributed by atoms with E-state index < -0.39 is 0 Å². The van der Waals surface area contributed by atoms with Crippen LogP contribution in [0.25, 0.3) is 11.0 Å². The van der Waals surface area contributed by atoms with Crippen LogP contribution in [-0.4, -0.2) is 16.5 Å². The van der Waals surface area contributed by atoms with Crippen LogP contribution >= 0.6 is 0 Å². The number of nitrogens with one attached hydrogen (secondary N) is 1. The number of benzene rings is 1. The first-order valence-electron chi connectivity index (χ1n) is 7.80. The molecule has 0 aliphatic heterocycles. The predicted octanol–water partition coefficient (Wildman–Crippen LogP) is 3.88. The molecule has 0 saturated heterocycles. The minimum Gasteiger partial charge on any atom is -0.342 e. The molecule has 1 aromatic carbocycles. The van der Waals surface area contributed by atoms with Gasteiger partial charge in [0.25, 0.3) is 0 Å². The summed E-state index contributed by atoms with van der Waals surface area (Å²) in [6.07, 6.45) is 5.85. The smallest absolute Gasteiger partial charge is 0.107 e. The third kappa shape index (κ3) is 3.60. The van der Waals surface area contributed by atoms with Crippen LogP contribution in [0.4, 0.5) is 0 Å². The zero-order valence-corrected chi connectivity index (χ0v) is 13.0. The highest BCUT2D eigenvalue weighted by Crippen LogP contribution is 2.21. The molecule has 0 bridgehead atoms. The van der Waals surface area contributed by atoms with Crippen LogP contribution in [0.1, 0.15) is 49.6 Å². The van der Waals surface area contributed by atoms with E-state index in [1.807, 2.05) is 0 Å². The summed E-state index contributed by atoms with van der Waals surface area (Å²) in [5.74, 6) is 1.85. The van der Waals surface area contributed by atoms with E-state index in [2.05, 4.69) is 37.9 Å². The standard InChI is InChI=1S/C17H27N3/c1-4-5-14(8-9-18)6-7-16-19-15-11-12(2)10-13(3)17(15)20-16/h10-11,14H,4-9,18H2,1-3H3,(H,19,20). The summed E-state index contributed by atoms with van der Waals surface area (Å²) in [6, 6.07) is 4.38. The fourth-order valence-electron chi connectivity index (χ4n) is 3.06. The van der Waals surface area contributed by atoms with E-state index in [4.69, 9.17) is 10.7 Å². The molecule has 2 aromatic rings. The summed E-state index contributed by atoms with van der Waals surface area (Å²) in [5.41, 5.74) is 10.5. The Morgan fingerprint density at radius 3 is 2.70 bits per heavy atom. The Kier molecular flexibility index (Phi) is 5.18. The molecule has 0 amide bonds. The van der Waals surface area contributed by atoms with Gasteiger partial charge in [0.15, 0.2) is 0 Å². The van der Waals surface area contributed by atoms with Gasteiger partial charge in [-0.1, -0.05) is 25.8 Å². The largest absolute Gasteiger partial charge is 0.342 e. The van der Waals surface area contributed by atoms with Gasteiger partial charge >= 0.3 is 0 Å². The van der Waals surface area contributed by atoms with Crippen molar-refractivity contribution < 1.29 is 0 Å². The predicted molar refractivity (Wildman–Crippen MR) is 86.0 cm³/mol. The molecule has 110 valence electrons. The fraction of sp³-hybridized carbons (Fsp3) is 0.588. The van der Waals surface area contributed by atoms with E-state index in [0.717, 1.165) is 36.6 Å². The second kappa shape index (κ2) is 6.89. The molecule has 0 aliphatic carbocycles. The average molecular weight is 273 g/mol. The number of nitrogens with zero attached hydrogens (tertiary/aromatic N) is 1. The van der Waals surface area contributed by atoms with Gasteiger partial charge in [-0.05, 0) is 56.3 Å². The Morgan fingerprint density at radius 2 is 2.00 bits per heavy atom. The number of nitrogens with two attached hydrogens (primary N) is 1. The summed E-state index contributed by atoms with van der Waals surface area (Å²) < 4.78 is 0. The third-order valence-corrected chi connectivity index (χ3v) is 4.03. The van der Waals surface area contributed by atoms with Crippen LogP contribution in [0.2, 0.25) is 0 Å². The van der Waals surface area contributed by atoms with Gasteiger partial charge in [-0.25, -0.2) is 4.98 Å². The van der Waals surface area contributed by atoms with Gasteiger partial charge in [-0.3, -0.25) is 0 Å². The molecule has 3 nitrogen and oxygen atoms in total. The number of aromatic nitrogens is 2. The first-order chi connectivity index (χ1) is 9.63. The summed E-state index contributed by atoms with van der Waals surface area (Å²) in [5, 5.41) is 0. The number of fused-ring (bicyclic) bond motifs is 1. The molecule has 2 rings (SSSR count). The Labute approximate surface area is 122 Å². The van der Waals surface area contributed by atoms with Crippen molar-refractivity contribution in [3.05, 3.63) is 29.1 Å². The monoisotopic (exact) mass is 273 g/mol. The topological polar surface area (TPSA) is 54.7 Å². The van der Waals surface area contributed by atoms with E-state index >= 15 is 0 Å². The minimum absolute atomic E-state index is 0.737. The van der Waals surface area contributed by atoms with Crippen LogP contribution in [0, 0.1) is 19.8 Å². The molecule has 1 unspecified atom stereocenters. The van der Waals surface area contributed by atoms with Gasteiger partial charge in [-0.2, -0.15) is 0 Å². The number of imidazole rings is 1. The van der Waals surface area contributed by atoms with Crippen molar-refractivity contribution >= 4 is 11.0 Å². The molecule has 1 heterocycles. The van der Waals surface area contributed by atoms with Crippen molar-refractivity contribution in [2.75, 3.05) is 6.54 Å². The van der Waals surface area contributed by atoms with E-state index in [0.29, 0.717) is 0 Å². The number of aromatic amines is 1. The average Bonchev–Trinajstić information content (AvgIpc) is 2.79. The molecule has 0 radical (unpaired) electrons. The highest BCUT2D eigenvalue weighted by Gasteiger charge is 2.10. The minimum atomic E-state index is 0.737. The zero-order chi connectivity index (χ0) is 14.5.